The van der Waals surface area contributed by atoms with Crippen molar-refractivity contribution >= 4 is 11.8 Å². The molecule has 0 aromatic heterocycles. The van der Waals surface area contributed by atoms with E-state index >= 15 is 0 Å². The van der Waals surface area contributed by atoms with Crippen molar-refractivity contribution < 1.29 is 27.5 Å². The van der Waals surface area contributed by atoms with Crippen LogP contribution in [0.3, 0.4) is 0 Å². The fourth-order valence-corrected chi connectivity index (χ4v) is 3.60. The molecule has 0 saturated carbocycles. The van der Waals surface area contributed by atoms with Gasteiger partial charge in [0.2, 0.25) is 5.91 Å². The number of aryl methyl sites for hydroxylation is 1. The highest BCUT2D eigenvalue weighted by molar-refractivity contribution is 5.83. The molecule has 1 aromatic rings. The van der Waals surface area contributed by atoms with Crippen molar-refractivity contribution in [3.63, 3.8) is 0 Å². The van der Waals surface area contributed by atoms with Crippen molar-refractivity contribution in [2.45, 2.75) is 32.0 Å². The minimum absolute atomic E-state index is 0.0412. The molecule has 1 aromatic carbocycles. The van der Waals surface area contributed by atoms with Gasteiger partial charge >= 0.3 is 12.1 Å². The molecule has 148 valence electrons. The van der Waals surface area contributed by atoms with Crippen LogP contribution in [0, 0.1) is 12.8 Å². The van der Waals surface area contributed by atoms with Crippen molar-refractivity contribution in [1.82, 2.24) is 9.80 Å². The Bertz CT molecular complexity index is 682. The lowest BCUT2D eigenvalue weighted by Gasteiger charge is -2.38. The number of hydrogen-bond donors (Lipinski definition) is 0. The van der Waals surface area contributed by atoms with E-state index < -0.39 is 12.1 Å². The maximum Gasteiger partial charge on any atom is 0.471 e. The van der Waals surface area contributed by atoms with E-state index in [-0.39, 0.29) is 43.9 Å². The highest BCUT2D eigenvalue weighted by Crippen LogP contribution is 2.28. The summed E-state index contributed by atoms with van der Waals surface area (Å²) >= 11 is 0. The number of likely N-dealkylation sites (tertiary alicyclic amines) is 1. The number of halogens is 3. The average molecular weight is 384 g/mol. The number of carbonyl (C=O) groups excluding carboxylic acids is 2. The number of ether oxygens (including phenoxy) is 1. The minimum Gasteiger partial charge on any atom is -0.370 e. The summed E-state index contributed by atoms with van der Waals surface area (Å²) in [5.41, 5.74) is 2.14. The monoisotopic (exact) mass is 384 g/mol. The van der Waals surface area contributed by atoms with Crippen LogP contribution < -0.4 is 0 Å². The maximum absolute atomic E-state index is 12.8. The maximum atomic E-state index is 12.8. The number of amides is 2. The highest BCUT2D eigenvalue weighted by atomic mass is 19.4. The molecule has 2 aliphatic heterocycles. The molecule has 2 fully saturated rings. The first kappa shape index (κ1) is 19.7. The molecule has 2 saturated heterocycles. The van der Waals surface area contributed by atoms with Crippen molar-refractivity contribution in [2.24, 2.45) is 5.92 Å². The van der Waals surface area contributed by atoms with Gasteiger partial charge in [-0.15, -0.1) is 0 Å². The topological polar surface area (TPSA) is 49.9 Å². The number of alkyl halides is 3. The Morgan fingerprint density at radius 3 is 2.26 bits per heavy atom. The Hall–Kier alpha value is -2.09. The van der Waals surface area contributed by atoms with Crippen LogP contribution in [-0.2, 0) is 14.3 Å². The highest BCUT2D eigenvalue weighted by Gasteiger charge is 2.44. The number of nitrogens with zero attached hydrogens (tertiary/aromatic N) is 2. The third kappa shape index (κ3) is 4.61. The third-order valence-electron chi connectivity index (χ3n) is 5.20. The van der Waals surface area contributed by atoms with Crippen molar-refractivity contribution in [3.05, 3.63) is 35.4 Å². The van der Waals surface area contributed by atoms with Crippen LogP contribution in [0.2, 0.25) is 0 Å². The van der Waals surface area contributed by atoms with Gasteiger partial charge in [0.25, 0.3) is 0 Å². The molecule has 8 heteroatoms. The minimum atomic E-state index is -4.86. The first-order chi connectivity index (χ1) is 12.8. The second-order valence-electron chi connectivity index (χ2n) is 7.12. The molecule has 5 nitrogen and oxygen atoms in total. The summed E-state index contributed by atoms with van der Waals surface area (Å²) in [4.78, 5) is 26.6. The average Bonchev–Trinajstić information content (AvgIpc) is 2.67. The van der Waals surface area contributed by atoms with Gasteiger partial charge in [-0.1, -0.05) is 29.8 Å². The molecule has 2 aliphatic rings. The lowest BCUT2D eigenvalue weighted by atomic mass is 9.94. The van der Waals surface area contributed by atoms with Gasteiger partial charge in [-0.25, -0.2) is 0 Å². The van der Waals surface area contributed by atoms with E-state index in [1.807, 2.05) is 31.2 Å². The predicted molar refractivity (Wildman–Crippen MR) is 91.8 cm³/mol. The van der Waals surface area contributed by atoms with Crippen LogP contribution in [0.25, 0.3) is 0 Å². The van der Waals surface area contributed by atoms with Crippen LogP contribution in [0.4, 0.5) is 13.2 Å². The number of hydrogen-bond acceptors (Lipinski definition) is 3. The van der Waals surface area contributed by atoms with Crippen molar-refractivity contribution in [3.8, 4) is 0 Å². The predicted octanol–water partition coefficient (Wildman–Crippen LogP) is 2.70. The molecule has 0 spiro atoms. The van der Waals surface area contributed by atoms with Gasteiger partial charge in [-0.05, 0) is 25.3 Å². The lowest BCUT2D eigenvalue weighted by Crippen LogP contribution is -2.50. The number of benzene rings is 1. The smallest absolute Gasteiger partial charge is 0.370 e. The fourth-order valence-electron chi connectivity index (χ4n) is 3.60. The van der Waals surface area contributed by atoms with Crippen LogP contribution in [0.5, 0.6) is 0 Å². The third-order valence-corrected chi connectivity index (χ3v) is 5.20. The summed E-state index contributed by atoms with van der Waals surface area (Å²) in [6.07, 6.45) is -4.54. The second kappa shape index (κ2) is 7.88. The molecule has 1 unspecified atom stereocenters. The molecule has 0 aliphatic carbocycles. The summed E-state index contributed by atoms with van der Waals surface area (Å²) < 4.78 is 43.4. The zero-order valence-electron chi connectivity index (χ0n) is 15.2. The summed E-state index contributed by atoms with van der Waals surface area (Å²) in [5.74, 6) is -2.23. The normalized spacial score (nSPS) is 22.0. The Kier molecular flexibility index (Phi) is 5.74. The summed E-state index contributed by atoms with van der Waals surface area (Å²) in [6.45, 7) is 3.25. The van der Waals surface area contributed by atoms with Gasteiger partial charge in [0.15, 0.2) is 0 Å². The SMILES string of the molecule is Cc1ccc(C2CN(C(=O)C3CCN(C(=O)C(F)(F)F)CC3)CCO2)cc1. The first-order valence-electron chi connectivity index (χ1n) is 9.09. The molecule has 2 heterocycles. The van der Waals surface area contributed by atoms with Crippen LogP contribution >= 0.6 is 0 Å². The Morgan fingerprint density at radius 1 is 1.04 bits per heavy atom. The van der Waals surface area contributed by atoms with Crippen molar-refractivity contribution in [2.75, 3.05) is 32.8 Å². The Balaban J connectivity index is 1.56. The molecule has 0 radical (unpaired) electrons. The standard InChI is InChI=1S/C19H23F3N2O3/c1-13-2-4-14(5-3-13)16-12-24(10-11-27-16)17(25)15-6-8-23(9-7-15)18(26)19(20,21)22/h2-5,15-16H,6-12H2,1H3. The Labute approximate surface area is 156 Å². The molecule has 2 amide bonds. The van der Waals surface area contributed by atoms with E-state index in [4.69, 9.17) is 4.74 Å². The molecule has 27 heavy (non-hydrogen) atoms. The van der Waals surface area contributed by atoms with Gasteiger partial charge in [-0.3, -0.25) is 9.59 Å². The van der Waals surface area contributed by atoms with E-state index in [1.165, 1.54) is 0 Å². The largest absolute Gasteiger partial charge is 0.471 e. The van der Waals surface area contributed by atoms with Gasteiger partial charge < -0.3 is 14.5 Å². The zero-order chi connectivity index (χ0) is 19.6. The first-order valence-corrected chi connectivity index (χ1v) is 9.09. The second-order valence-corrected chi connectivity index (χ2v) is 7.12. The Morgan fingerprint density at radius 2 is 1.67 bits per heavy atom. The van der Waals surface area contributed by atoms with Gasteiger partial charge in [-0.2, -0.15) is 13.2 Å². The van der Waals surface area contributed by atoms with E-state index in [9.17, 15) is 22.8 Å². The molecular formula is C19H23F3N2O3. The van der Waals surface area contributed by atoms with Crippen LogP contribution in [-0.4, -0.2) is 60.6 Å². The zero-order valence-corrected chi connectivity index (χ0v) is 15.2. The molecule has 1 atom stereocenters. The number of morpholine rings is 1. The van der Waals surface area contributed by atoms with Gasteiger partial charge in [0, 0.05) is 25.6 Å². The molecule has 0 N–H and O–H groups in total. The molecular weight excluding hydrogens is 361 g/mol. The molecule has 0 bridgehead atoms. The summed E-state index contributed by atoms with van der Waals surface area (Å²) in [5, 5.41) is 0. The summed E-state index contributed by atoms with van der Waals surface area (Å²) in [6, 6.07) is 7.95. The van der Waals surface area contributed by atoms with E-state index in [0.29, 0.717) is 19.7 Å². The van der Waals surface area contributed by atoms with E-state index in [1.54, 1.807) is 4.90 Å². The van der Waals surface area contributed by atoms with E-state index in [2.05, 4.69) is 0 Å². The van der Waals surface area contributed by atoms with E-state index in [0.717, 1.165) is 16.0 Å². The van der Waals surface area contributed by atoms with Gasteiger partial charge in [0.1, 0.15) is 6.10 Å². The fraction of sp³-hybridized carbons (Fsp3) is 0.579. The number of rotatable bonds is 2. The number of piperidine rings is 1. The van der Waals surface area contributed by atoms with Crippen molar-refractivity contribution in [1.29, 1.82) is 0 Å². The summed E-state index contributed by atoms with van der Waals surface area (Å²) in [7, 11) is 0. The number of carbonyl (C=O) groups is 2. The van der Waals surface area contributed by atoms with Crippen LogP contribution in [0.15, 0.2) is 24.3 Å². The molecule has 3 rings (SSSR count). The quantitative estimate of drug-likeness (QED) is 0.788. The van der Waals surface area contributed by atoms with Gasteiger partial charge in [0.05, 0.1) is 13.2 Å². The van der Waals surface area contributed by atoms with Crippen LogP contribution in [0.1, 0.15) is 30.1 Å². The lowest BCUT2D eigenvalue weighted by molar-refractivity contribution is -0.187.